The molecule has 1 rings (SSSR count). The molecule has 6 heteroatoms. The summed E-state index contributed by atoms with van der Waals surface area (Å²) >= 11 is 0. The van der Waals surface area contributed by atoms with Crippen LogP contribution in [0, 0.1) is 0 Å². The molecule has 0 spiro atoms. The first-order valence-corrected chi connectivity index (χ1v) is 6.67. The Morgan fingerprint density at radius 3 is 1.95 bits per heavy atom. The largest absolute Gasteiger partial charge is 0.389 e. The summed E-state index contributed by atoms with van der Waals surface area (Å²) in [4.78, 5) is 4.76. The molecule has 1 aliphatic rings. The van der Waals surface area contributed by atoms with E-state index in [9.17, 15) is 5.11 Å². The molecule has 0 aromatic carbocycles. The van der Waals surface area contributed by atoms with Crippen molar-refractivity contribution < 1.29 is 9.84 Å². The molecule has 1 N–H and O–H groups in total. The third-order valence-corrected chi connectivity index (χ3v) is 3.09. The van der Waals surface area contributed by atoms with Gasteiger partial charge in [-0.1, -0.05) is 6.92 Å². The minimum Gasteiger partial charge on any atom is -0.389 e. The van der Waals surface area contributed by atoms with Crippen LogP contribution in [0.3, 0.4) is 0 Å². The smallest absolute Gasteiger partial charge is 0.0900 e. The van der Waals surface area contributed by atoms with E-state index >= 15 is 0 Å². The number of rotatable bonds is 5. The number of β-amino-alcohol motifs (C(OH)–C–C–N with tert-alkyl or cyclic N) is 1. The van der Waals surface area contributed by atoms with Crippen molar-refractivity contribution in [2.75, 3.05) is 45.9 Å². The number of aliphatic hydroxyl groups excluding tert-OH is 1. The molecule has 19 heavy (non-hydrogen) atoms. The second-order valence-corrected chi connectivity index (χ2v) is 5.81. The zero-order valence-electron chi connectivity index (χ0n) is 12.6. The molecule has 1 heterocycles. The van der Waals surface area contributed by atoms with Crippen LogP contribution in [-0.2, 0) is 4.74 Å². The van der Waals surface area contributed by atoms with E-state index in [-0.39, 0.29) is 36.5 Å². The highest BCUT2D eigenvalue weighted by atomic mass is 35.5. The van der Waals surface area contributed by atoms with Crippen LogP contribution in [0.5, 0.6) is 0 Å². The zero-order valence-corrected chi connectivity index (χ0v) is 14.2. The minimum absolute atomic E-state index is 0. The number of likely N-dealkylation sites (N-methyl/N-ethyl adjacent to an activating group) is 1. The van der Waals surface area contributed by atoms with Gasteiger partial charge in [-0.2, -0.15) is 0 Å². The summed E-state index contributed by atoms with van der Waals surface area (Å²) in [6.07, 6.45) is -0.373. The van der Waals surface area contributed by atoms with Gasteiger partial charge in [0.2, 0.25) is 0 Å². The van der Waals surface area contributed by atoms with Crippen molar-refractivity contribution in [2.45, 2.75) is 39.4 Å². The zero-order chi connectivity index (χ0) is 12.9. The number of nitrogens with zero attached hydrogens (tertiary/aromatic N) is 2. The first-order valence-electron chi connectivity index (χ1n) is 6.67. The average molecular weight is 317 g/mol. The molecule has 1 atom stereocenters. The van der Waals surface area contributed by atoms with Gasteiger partial charge in [0, 0.05) is 32.7 Å². The summed E-state index contributed by atoms with van der Waals surface area (Å²) in [6, 6.07) is 0. The average Bonchev–Trinajstić information content (AvgIpc) is 2.27. The fourth-order valence-electron chi connectivity index (χ4n) is 1.99. The Morgan fingerprint density at radius 1 is 1.05 bits per heavy atom. The molecule has 0 aliphatic carbocycles. The Morgan fingerprint density at radius 2 is 1.53 bits per heavy atom. The van der Waals surface area contributed by atoms with Crippen LogP contribution < -0.4 is 0 Å². The van der Waals surface area contributed by atoms with Crippen LogP contribution in [0.1, 0.15) is 27.7 Å². The lowest BCUT2D eigenvalue weighted by atomic mass is 10.2. The van der Waals surface area contributed by atoms with Gasteiger partial charge in [-0.05, 0) is 27.3 Å². The van der Waals surface area contributed by atoms with Crippen molar-refractivity contribution in [3.8, 4) is 0 Å². The Balaban J connectivity index is 0. The summed E-state index contributed by atoms with van der Waals surface area (Å²) in [5, 5.41) is 9.91. The summed E-state index contributed by atoms with van der Waals surface area (Å²) in [5.41, 5.74) is -0.165. The van der Waals surface area contributed by atoms with Gasteiger partial charge in [0.05, 0.1) is 18.3 Å². The molecule has 1 fully saturated rings. The number of ether oxygens (including phenoxy) is 1. The molecule has 118 valence electrons. The van der Waals surface area contributed by atoms with Crippen molar-refractivity contribution in [3.05, 3.63) is 0 Å². The second kappa shape index (κ2) is 10.2. The fourth-order valence-corrected chi connectivity index (χ4v) is 1.99. The monoisotopic (exact) mass is 316 g/mol. The van der Waals surface area contributed by atoms with Crippen molar-refractivity contribution >= 4 is 24.8 Å². The number of piperazine rings is 1. The Hall–Kier alpha value is 0.420. The van der Waals surface area contributed by atoms with Crippen LogP contribution in [-0.4, -0.2) is 72.5 Å². The Bertz CT molecular complexity index is 217. The molecule has 1 aliphatic heterocycles. The molecule has 1 saturated heterocycles. The molecule has 0 aromatic heterocycles. The number of aliphatic hydroxyl groups is 1. The summed E-state index contributed by atoms with van der Waals surface area (Å²) in [7, 11) is 0. The lowest BCUT2D eigenvalue weighted by Gasteiger charge is -2.35. The highest BCUT2D eigenvalue weighted by molar-refractivity contribution is 5.85. The number of hydrogen-bond donors (Lipinski definition) is 1. The molecule has 1 unspecified atom stereocenters. The van der Waals surface area contributed by atoms with Crippen LogP contribution in [0.15, 0.2) is 0 Å². The topological polar surface area (TPSA) is 35.9 Å². The molecule has 0 radical (unpaired) electrons. The predicted molar refractivity (Wildman–Crippen MR) is 84.8 cm³/mol. The van der Waals surface area contributed by atoms with Gasteiger partial charge >= 0.3 is 0 Å². The summed E-state index contributed by atoms with van der Waals surface area (Å²) in [6.45, 7) is 14.9. The van der Waals surface area contributed by atoms with E-state index in [0.29, 0.717) is 6.61 Å². The maximum atomic E-state index is 9.91. The predicted octanol–water partition coefficient (Wildman–Crippen LogP) is 1.64. The van der Waals surface area contributed by atoms with E-state index < -0.39 is 0 Å². The summed E-state index contributed by atoms with van der Waals surface area (Å²) in [5.74, 6) is 0. The van der Waals surface area contributed by atoms with Gasteiger partial charge in [-0.3, -0.25) is 4.90 Å². The second-order valence-electron chi connectivity index (χ2n) is 5.81. The van der Waals surface area contributed by atoms with Crippen LogP contribution in [0.4, 0.5) is 0 Å². The molecule has 0 bridgehead atoms. The van der Waals surface area contributed by atoms with Gasteiger partial charge in [-0.15, -0.1) is 24.8 Å². The maximum absolute atomic E-state index is 9.91. The standard InChI is InChI=1S/C13H28N2O2.2ClH/c1-5-14-6-8-15(9-7-14)10-12(16)11-17-13(2,3)4;;/h12,16H,5-11H2,1-4H3;2*1H. The third-order valence-electron chi connectivity index (χ3n) is 3.09. The number of halogens is 2. The van der Waals surface area contributed by atoms with E-state index in [1.165, 1.54) is 0 Å². The molecular weight excluding hydrogens is 287 g/mol. The first-order chi connectivity index (χ1) is 7.90. The lowest BCUT2D eigenvalue weighted by Crippen LogP contribution is -2.49. The number of hydrogen-bond acceptors (Lipinski definition) is 4. The Labute approximate surface area is 130 Å². The van der Waals surface area contributed by atoms with Gasteiger partial charge in [0.25, 0.3) is 0 Å². The van der Waals surface area contributed by atoms with E-state index in [1.807, 2.05) is 20.8 Å². The van der Waals surface area contributed by atoms with E-state index in [0.717, 1.165) is 39.3 Å². The van der Waals surface area contributed by atoms with Crippen molar-refractivity contribution in [1.29, 1.82) is 0 Å². The van der Waals surface area contributed by atoms with Crippen LogP contribution in [0.2, 0.25) is 0 Å². The molecule has 0 aromatic rings. The fraction of sp³-hybridized carbons (Fsp3) is 1.00. The SMILES string of the molecule is CCN1CCN(CC(O)COC(C)(C)C)CC1.Cl.Cl. The lowest BCUT2D eigenvalue weighted by molar-refractivity contribution is -0.0585. The molecule has 0 amide bonds. The summed E-state index contributed by atoms with van der Waals surface area (Å²) < 4.78 is 5.59. The highest BCUT2D eigenvalue weighted by Crippen LogP contribution is 2.08. The minimum atomic E-state index is -0.373. The van der Waals surface area contributed by atoms with Gasteiger partial charge in [0.15, 0.2) is 0 Å². The Kier molecular flexibility index (Phi) is 11.6. The van der Waals surface area contributed by atoms with Gasteiger partial charge in [0.1, 0.15) is 0 Å². The molecule has 4 nitrogen and oxygen atoms in total. The van der Waals surface area contributed by atoms with Gasteiger partial charge in [-0.25, -0.2) is 0 Å². The normalized spacial score (nSPS) is 19.4. The maximum Gasteiger partial charge on any atom is 0.0900 e. The van der Waals surface area contributed by atoms with Crippen molar-refractivity contribution in [1.82, 2.24) is 9.80 Å². The van der Waals surface area contributed by atoms with Crippen molar-refractivity contribution in [2.24, 2.45) is 0 Å². The van der Waals surface area contributed by atoms with E-state index in [2.05, 4.69) is 16.7 Å². The van der Waals surface area contributed by atoms with E-state index in [1.54, 1.807) is 0 Å². The molecular formula is C13H30Cl2N2O2. The molecule has 0 saturated carbocycles. The third kappa shape index (κ3) is 9.88. The van der Waals surface area contributed by atoms with Gasteiger partial charge < -0.3 is 14.7 Å². The highest BCUT2D eigenvalue weighted by Gasteiger charge is 2.19. The van der Waals surface area contributed by atoms with Crippen LogP contribution >= 0.6 is 24.8 Å². The quantitative estimate of drug-likeness (QED) is 0.836. The van der Waals surface area contributed by atoms with Crippen molar-refractivity contribution in [3.63, 3.8) is 0 Å². The first kappa shape index (κ1) is 21.7. The van der Waals surface area contributed by atoms with E-state index in [4.69, 9.17) is 4.74 Å². The van der Waals surface area contributed by atoms with Crippen LogP contribution in [0.25, 0.3) is 0 Å².